The highest BCUT2D eigenvalue weighted by molar-refractivity contribution is 5.80. The van der Waals surface area contributed by atoms with Crippen molar-refractivity contribution in [2.45, 2.75) is 45.9 Å². The number of aryl methyl sites for hydroxylation is 2. The fraction of sp³-hybridized carbons (Fsp3) is 0.389. The number of hydrogen-bond acceptors (Lipinski definition) is 4. The summed E-state index contributed by atoms with van der Waals surface area (Å²) >= 11 is 0. The van der Waals surface area contributed by atoms with Gasteiger partial charge in [-0.3, -0.25) is 4.68 Å². The second-order valence-electron chi connectivity index (χ2n) is 5.60. The number of carboxylic acids is 1. The zero-order chi connectivity index (χ0) is 18.2. The van der Waals surface area contributed by atoms with Crippen LogP contribution in [0.3, 0.4) is 0 Å². The third kappa shape index (κ3) is 5.34. The molecule has 1 amide bonds. The molecule has 1 unspecified atom stereocenters. The van der Waals surface area contributed by atoms with E-state index in [4.69, 9.17) is 4.74 Å². The van der Waals surface area contributed by atoms with Gasteiger partial charge < -0.3 is 15.2 Å². The summed E-state index contributed by atoms with van der Waals surface area (Å²) in [5.74, 6) is -1.11. The van der Waals surface area contributed by atoms with Gasteiger partial charge in [-0.1, -0.05) is 37.3 Å². The van der Waals surface area contributed by atoms with Crippen LogP contribution in [0.5, 0.6) is 0 Å². The van der Waals surface area contributed by atoms with Crippen molar-refractivity contribution in [2.75, 3.05) is 0 Å². The average Bonchev–Trinajstić information content (AvgIpc) is 3.02. The Balaban J connectivity index is 1.97. The highest BCUT2D eigenvalue weighted by atomic mass is 16.5. The molecule has 7 nitrogen and oxygen atoms in total. The maximum Gasteiger partial charge on any atom is 0.408 e. The molecule has 134 valence electrons. The number of nitrogens with one attached hydrogen (secondary N) is 1. The molecule has 25 heavy (non-hydrogen) atoms. The Morgan fingerprint density at radius 2 is 2.00 bits per heavy atom. The minimum absolute atomic E-state index is 0.0892. The highest BCUT2D eigenvalue weighted by Gasteiger charge is 2.23. The molecule has 2 N–H and O–H groups in total. The van der Waals surface area contributed by atoms with Gasteiger partial charge in [0, 0.05) is 18.7 Å². The molecule has 0 spiro atoms. The molecule has 2 rings (SSSR count). The zero-order valence-corrected chi connectivity index (χ0v) is 14.4. The number of amides is 1. The van der Waals surface area contributed by atoms with Crippen molar-refractivity contribution in [2.24, 2.45) is 0 Å². The van der Waals surface area contributed by atoms with Crippen LogP contribution in [0.25, 0.3) is 0 Å². The van der Waals surface area contributed by atoms with Crippen molar-refractivity contribution < 1.29 is 19.4 Å². The van der Waals surface area contributed by atoms with Crippen LogP contribution in [0, 0.1) is 0 Å². The van der Waals surface area contributed by atoms with Gasteiger partial charge in [0.1, 0.15) is 12.6 Å². The van der Waals surface area contributed by atoms with Crippen molar-refractivity contribution >= 4 is 12.1 Å². The number of hydrogen-bond donors (Lipinski definition) is 2. The van der Waals surface area contributed by atoms with Crippen molar-refractivity contribution in [1.82, 2.24) is 15.1 Å². The van der Waals surface area contributed by atoms with Crippen LogP contribution in [-0.2, 0) is 35.5 Å². The van der Waals surface area contributed by atoms with Crippen LogP contribution in [-0.4, -0.2) is 33.0 Å². The lowest BCUT2D eigenvalue weighted by molar-refractivity contribution is -0.139. The maximum atomic E-state index is 11.9. The summed E-state index contributed by atoms with van der Waals surface area (Å²) in [5.41, 5.74) is 2.50. The summed E-state index contributed by atoms with van der Waals surface area (Å²) in [6.07, 6.45) is 0.162. The summed E-state index contributed by atoms with van der Waals surface area (Å²) in [5, 5.41) is 16.2. The lowest BCUT2D eigenvalue weighted by Gasteiger charge is -2.15. The van der Waals surface area contributed by atoms with E-state index in [0.29, 0.717) is 6.54 Å². The van der Waals surface area contributed by atoms with Gasteiger partial charge in [0.25, 0.3) is 0 Å². The molecular formula is C18H23N3O4. The molecule has 0 fully saturated rings. The van der Waals surface area contributed by atoms with E-state index in [9.17, 15) is 14.7 Å². The van der Waals surface area contributed by atoms with Gasteiger partial charge in [0.15, 0.2) is 0 Å². The van der Waals surface area contributed by atoms with E-state index in [1.165, 1.54) is 0 Å². The molecule has 0 saturated carbocycles. The molecule has 1 heterocycles. The van der Waals surface area contributed by atoms with Crippen LogP contribution in [0.1, 0.15) is 30.8 Å². The number of rotatable bonds is 8. The lowest BCUT2D eigenvalue weighted by Crippen LogP contribution is -2.42. The van der Waals surface area contributed by atoms with Crippen molar-refractivity contribution in [1.29, 1.82) is 0 Å². The Hall–Kier alpha value is -2.83. The van der Waals surface area contributed by atoms with Crippen LogP contribution in [0.15, 0.2) is 36.4 Å². The topological polar surface area (TPSA) is 93.5 Å². The van der Waals surface area contributed by atoms with Crippen LogP contribution >= 0.6 is 0 Å². The van der Waals surface area contributed by atoms with Gasteiger partial charge in [-0.05, 0) is 25.0 Å². The van der Waals surface area contributed by atoms with Crippen LogP contribution < -0.4 is 5.32 Å². The van der Waals surface area contributed by atoms with E-state index < -0.39 is 18.1 Å². The largest absolute Gasteiger partial charge is 0.480 e. The third-order valence-electron chi connectivity index (χ3n) is 3.79. The third-order valence-corrected chi connectivity index (χ3v) is 3.79. The van der Waals surface area contributed by atoms with Crippen LogP contribution in [0.4, 0.5) is 4.79 Å². The molecular weight excluding hydrogens is 322 g/mol. The number of carbonyl (C=O) groups is 2. The number of aliphatic carboxylic acids is 1. The molecule has 0 aliphatic rings. The first-order valence-corrected chi connectivity index (χ1v) is 8.29. The van der Waals surface area contributed by atoms with E-state index in [1.54, 1.807) is 4.68 Å². The van der Waals surface area contributed by atoms with E-state index in [2.05, 4.69) is 10.4 Å². The second kappa shape index (κ2) is 8.86. The Labute approximate surface area is 146 Å². The fourth-order valence-corrected chi connectivity index (χ4v) is 2.44. The number of nitrogens with zero attached hydrogens (tertiary/aromatic N) is 2. The molecule has 7 heteroatoms. The molecule has 0 aliphatic carbocycles. The van der Waals surface area contributed by atoms with Gasteiger partial charge in [-0.2, -0.15) is 5.10 Å². The minimum atomic E-state index is -1.11. The van der Waals surface area contributed by atoms with Gasteiger partial charge in [-0.15, -0.1) is 0 Å². The molecule has 0 aliphatic heterocycles. The molecule has 0 radical (unpaired) electrons. The predicted octanol–water partition coefficient (Wildman–Crippen LogP) is 2.39. The maximum absolute atomic E-state index is 11.9. The first-order chi connectivity index (χ1) is 12.0. The Morgan fingerprint density at radius 1 is 1.28 bits per heavy atom. The highest BCUT2D eigenvalue weighted by Crippen LogP contribution is 2.09. The van der Waals surface area contributed by atoms with E-state index in [0.717, 1.165) is 23.4 Å². The number of aromatic nitrogens is 2. The monoisotopic (exact) mass is 345 g/mol. The second-order valence-corrected chi connectivity index (χ2v) is 5.60. The quantitative estimate of drug-likeness (QED) is 0.766. The smallest absolute Gasteiger partial charge is 0.408 e. The fourth-order valence-electron chi connectivity index (χ4n) is 2.44. The number of carbonyl (C=O) groups excluding carboxylic acids is 1. The first kappa shape index (κ1) is 18.5. The van der Waals surface area contributed by atoms with Crippen LogP contribution in [0.2, 0.25) is 0 Å². The number of alkyl carbamates (subject to hydrolysis) is 1. The Morgan fingerprint density at radius 3 is 2.60 bits per heavy atom. The van der Waals surface area contributed by atoms with Gasteiger partial charge in [0.05, 0.1) is 5.69 Å². The van der Waals surface area contributed by atoms with Gasteiger partial charge in [-0.25, -0.2) is 9.59 Å². The molecule has 1 aromatic heterocycles. The Kier molecular flexibility index (Phi) is 6.56. The molecule has 1 aromatic carbocycles. The van der Waals surface area contributed by atoms with E-state index in [-0.39, 0.29) is 13.0 Å². The first-order valence-electron chi connectivity index (χ1n) is 8.29. The lowest BCUT2D eigenvalue weighted by atomic mass is 10.1. The number of benzene rings is 1. The normalized spacial score (nSPS) is 11.8. The summed E-state index contributed by atoms with van der Waals surface area (Å²) in [7, 11) is 0. The van der Waals surface area contributed by atoms with Crippen molar-refractivity contribution in [3.8, 4) is 0 Å². The standard InChI is InChI=1S/C18H23N3O4/c1-3-14-10-15(21(4-2)20-14)11-16(17(22)23)19-18(24)25-12-13-8-6-5-7-9-13/h5-10,16H,3-4,11-12H2,1-2H3,(H,19,24)(H,22,23). The van der Waals surface area contributed by atoms with Crippen molar-refractivity contribution in [3.05, 3.63) is 53.3 Å². The molecule has 0 bridgehead atoms. The summed E-state index contributed by atoms with van der Waals surface area (Å²) in [6.45, 7) is 4.65. The van der Waals surface area contributed by atoms with Gasteiger partial charge >= 0.3 is 12.1 Å². The number of ether oxygens (including phenoxy) is 1. The number of carboxylic acid groups (broad SMARTS) is 1. The van der Waals surface area contributed by atoms with Crippen molar-refractivity contribution in [3.63, 3.8) is 0 Å². The Bertz CT molecular complexity index is 712. The summed E-state index contributed by atoms with van der Waals surface area (Å²) in [6, 6.07) is 10.0. The summed E-state index contributed by atoms with van der Waals surface area (Å²) < 4.78 is 6.85. The zero-order valence-electron chi connectivity index (χ0n) is 14.4. The van der Waals surface area contributed by atoms with E-state index >= 15 is 0 Å². The summed E-state index contributed by atoms with van der Waals surface area (Å²) in [4.78, 5) is 23.4. The molecule has 1 atom stereocenters. The van der Waals surface area contributed by atoms with Gasteiger partial charge in [0.2, 0.25) is 0 Å². The average molecular weight is 345 g/mol. The SMILES string of the molecule is CCc1cc(CC(NC(=O)OCc2ccccc2)C(=O)O)n(CC)n1. The minimum Gasteiger partial charge on any atom is -0.480 e. The van der Waals surface area contributed by atoms with E-state index in [1.807, 2.05) is 50.2 Å². The predicted molar refractivity (Wildman–Crippen MR) is 92.2 cm³/mol. The molecule has 0 saturated heterocycles. The molecule has 2 aromatic rings.